The maximum atomic E-state index is 4.69. The van der Waals surface area contributed by atoms with Crippen molar-refractivity contribution in [2.24, 2.45) is 4.99 Å². The first-order valence-corrected chi connectivity index (χ1v) is 5.66. The third kappa shape index (κ3) is 1.33. The van der Waals surface area contributed by atoms with Gasteiger partial charge in [0.05, 0.1) is 5.69 Å². The van der Waals surface area contributed by atoms with Crippen molar-refractivity contribution in [3.63, 3.8) is 0 Å². The van der Waals surface area contributed by atoms with E-state index in [1.165, 1.54) is 28.1 Å². The lowest BCUT2D eigenvalue weighted by Gasteiger charge is -2.24. The van der Waals surface area contributed by atoms with Crippen molar-refractivity contribution in [2.75, 3.05) is 0 Å². The molecule has 0 bridgehead atoms. The minimum atomic E-state index is 0.161. The van der Waals surface area contributed by atoms with Gasteiger partial charge in [-0.05, 0) is 49.9 Å². The Hall–Kier alpha value is -1.11. The smallest absolute Gasteiger partial charge is 0.0673 e. The van der Waals surface area contributed by atoms with Crippen LogP contribution in [0.4, 0.5) is 5.69 Å². The maximum absolute atomic E-state index is 4.69. The van der Waals surface area contributed by atoms with Gasteiger partial charge in [0.2, 0.25) is 0 Å². The molecule has 0 saturated carbocycles. The van der Waals surface area contributed by atoms with Gasteiger partial charge < -0.3 is 0 Å². The largest absolute Gasteiger partial charge is 0.257 e. The van der Waals surface area contributed by atoms with E-state index in [0.29, 0.717) is 0 Å². The molecule has 80 valence electrons. The Labute approximate surface area is 92.2 Å². The Morgan fingerprint density at radius 2 is 1.73 bits per heavy atom. The summed E-state index contributed by atoms with van der Waals surface area (Å²) in [7, 11) is 0. The summed E-state index contributed by atoms with van der Waals surface area (Å²) in [5.74, 6) is 0. The lowest BCUT2D eigenvalue weighted by Crippen LogP contribution is -2.26. The summed E-state index contributed by atoms with van der Waals surface area (Å²) in [6.07, 6.45) is 1.12. The first-order valence-electron chi connectivity index (χ1n) is 5.66. The van der Waals surface area contributed by atoms with Gasteiger partial charge in [0.1, 0.15) is 0 Å². The second kappa shape index (κ2) is 3.19. The van der Waals surface area contributed by atoms with Crippen LogP contribution in [0.5, 0.6) is 0 Å². The number of rotatable bonds is 1. The van der Waals surface area contributed by atoms with Crippen LogP contribution in [0.3, 0.4) is 0 Å². The van der Waals surface area contributed by atoms with Gasteiger partial charge in [0.15, 0.2) is 0 Å². The number of aryl methyl sites for hydroxylation is 2. The summed E-state index contributed by atoms with van der Waals surface area (Å²) in [5, 5.41) is 0. The van der Waals surface area contributed by atoms with E-state index in [1.807, 2.05) is 0 Å². The third-order valence-electron chi connectivity index (χ3n) is 4.00. The second-order valence-corrected chi connectivity index (χ2v) is 4.84. The van der Waals surface area contributed by atoms with Gasteiger partial charge in [0.25, 0.3) is 0 Å². The molecular formula is C14H19N. The number of nitrogens with zero attached hydrogens (tertiary/aromatic N) is 1. The van der Waals surface area contributed by atoms with E-state index in [-0.39, 0.29) is 5.41 Å². The standard InChI is InChI=1S/C14H19N/c1-6-14(5)11(4)15-13-8-10(3)9(2)7-12(13)14/h7-8H,6H2,1-5H3. The summed E-state index contributed by atoms with van der Waals surface area (Å²) in [4.78, 5) is 4.69. The maximum Gasteiger partial charge on any atom is 0.0673 e. The predicted octanol–water partition coefficient (Wildman–Crippen LogP) is 4.08. The van der Waals surface area contributed by atoms with Crippen molar-refractivity contribution in [1.82, 2.24) is 0 Å². The highest BCUT2D eigenvalue weighted by Gasteiger charge is 2.35. The van der Waals surface area contributed by atoms with Gasteiger partial charge in [-0.1, -0.05) is 19.9 Å². The van der Waals surface area contributed by atoms with Crippen molar-refractivity contribution in [1.29, 1.82) is 0 Å². The van der Waals surface area contributed by atoms with Crippen molar-refractivity contribution < 1.29 is 0 Å². The Morgan fingerprint density at radius 3 is 2.33 bits per heavy atom. The van der Waals surface area contributed by atoms with Crippen LogP contribution in [0, 0.1) is 13.8 Å². The highest BCUT2D eigenvalue weighted by atomic mass is 14.8. The Kier molecular flexibility index (Phi) is 2.22. The van der Waals surface area contributed by atoms with Crippen molar-refractivity contribution in [3.05, 3.63) is 28.8 Å². The van der Waals surface area contributed by atoms with Gasteiger partial charge >= 0.3 is 0 Å². The average molecular weight is 201 g/mol. The summed E-state index contributed by atoms with van der Waals surface area (Å²) >= 11 is 0. The molecule has 0 radical (unpaired) electrons. The molecule has 0 fully saturated rings. The quantitative estimate of drug-likeness (QED) is 0.649. The van der Waals surface area contributed by atoms with Crippen LogP contribution in [0.15, 0.2) is 17.1 Å². The fourth-order valence-electron chi connectivity index (χ4n) is 2.28. The molecule has 15 heavy (non-hydrogen) atoms. The molecular weight excluding hydrogens is 182 g/mol. The van der Waals surface area contributed by atoms with E-state index in [0.717, 1.165) is 6.42 Å². The van der Waals surface area contributed by atoms with Crippen LogP contribution in [0.1, 0.15) is 43.9 Å². The number of benzene rings is 1. The number of aliphatic imine (C=N–C) groups is 1. The van der Waals surface area contributed by atoms with E-state index < -0.39 is 0 Å². The first kappa shape index (κ1) is 10.4. The Morgan fingerprint density at radius 1 is 1.13 bits per heavy atom. The zero-order valence-electron chi connectivity index (χ0n) is 10.3. The van der Waals surface area contributed by atoms with E-state index in [2.05, 4.69) is 46.8 Å². The molecule has 1 heterocycles. The molecule has 1 aliphatic rings. The highest BCUT2D eigenvalue weighted by Crippen LogP contribution is 2.43. The first-order chi connectivity index (χ1) is 6.99. The molecule has 1 nitrogen and oxygen atoms in total. The molecule has 0 N–H and O–H groups in total. The van der Waals surface area contributed by atoms with Crippen LogP contribution in [-0.4, -0.2) is 5.71 Å². The zero-order chi connectivity index (χ0) is 11.2. The van der Waals surface area contributed by atoms with Crippen molar-refractivity contribution in [3.8, 4) is 0 Å². The number of hydrogen-bond acceptors (Lipinski definition) is 1. The second-order valence-electron chi connectivity index (χ2n) is 4.84. The average Bonchev–Trinajstić information content (AvgIpc) is 2.43. The van der Waals surface area contributed by atoms with Gasteiger partial charge in [-0.3, -0.25) is 4.99 Å². The van der Waals surface area contributed by atoms with E-state index in [1.54, 1.807) is 0 Å². The van der Waals surface area contributed by atoms with Crippen molar-refractivity contribution in [2.45, 2.75) is 46.5 Å². The highest BCUT2D eigenvalue weighted by molar-refractivity contribution is 6.00. The molecule has 0 aliphatic carbocycles. The molecule has 1 unspecified atom stereocenters. The Balaban J connectivity index is 2.66. The molecule has 0 spiro atoms. The van der Waals surface area contributed by atoms with Gasteiger partial charge in [-0.25, -0.2) is 0 Å². The monoisotopic (exact) mass is 201 g/mol. The van der Waals surface area contributed by atoms with Crippen LogP contribution in [-0.2, 0) is 5.41 Å². The third-order valence-corrected chi connectivity index (χ3v) is 4.00. The Bertz CT molecular complexity index is 443. The normalized spacial score (nSPS) is 23.9. The van der Waals surface area contributed by atoms with Crippen molar-refractivity contribution >= 4 is 11.4 Å². The van der Waals surface area contributed by atoms with Gasteiger partial charge in [-0.15, -0.1) is 0 Å². The summed E-state index contributed by atoms with van der Waals surface area (Å²) < 4.78 is 0. The molecule has 1 heteroatoms. The predicted molar refractivity (Wildman–Crippen MR) is 66.3 cm³/mol. The fraction of sp³-hybridized carbons (Fsp3) is 0.500. The van der Waals surface area contributed by atoms with Crippen LogP contribution >= 0.6 is 0 Å². The minimum absolute atomic E-state index is 0.161. The molecule has 1 atom stereocenters. The van der Waals surface area contributed by atoms with Crippen LogP contribution in [0.25, 0.3) is 0 Å². The van der Waals surface area contributed by atoms with E-state index in [9.17, 15) is 0 Å². The lowest BCUT2D eigenvalue weighted by molar-refractivity contribution is 0.623. The molecule has 0 aromatic heterocycles. The van der Waals surface area contributed by atoms with E-state index >= 15 is 0 Å². The topological polar surface area (TPSA) is 12.4 Å². The van der Waals surface area contributed by atoms with Crippen LogP contribution < -0.4 is 0 Å². The fourth-order valence-corrected chi connectivity index (χ4v) is 2.28. The van der Waals surface area contributed by atoms with Gasteiger partial charge in [0, 0.05) is 11.1 Å². The van der Waals surface area contributed by atoms with Gasteiger partial charge in [-0.2, -0.15) is 0 Å². The molecule has 2 rings (SSSR count). The number of hydrogen-bond donors (Lipinski definition) is 0. The SMILES string of the molecule is CCC1(C)C(C)=Nc2cc(C)c(C)cc21. The van der Waals surface area contributed by atoms with E-state index in [4.69, 9.17) is 4.99 Å². The summed E-state index contributed by atoms with van der Waals surface area (Å²) in [6.45, 7) is 11.0. The number of fused-ring (bicyclic) bond motifs is 1. The molecule has 1 aromatic carbocycles. The summed E-state index contributed by atoms with van der Waals surface area (Å²) in [5.41, 5.74) is 6.72. The lowest BCUT2D eigenvalue weighted by atomic mass is 9.77. The molecule has 0 saturated heterocycles. The zero-order valence-corrected chi connectivity index (χ0v) is 10.3. The molecule has 1 aromatic rings. The summed E-state index contributed by atoms with van der Waals surface area (Å²) in [6, 6.07) is 4.53. The molecule has 0 amide bonds. The van der Waals surface area contributed by atoms with Crippen LogP contribution in [0.2, 0.25) is 0 Å². The minimum Gasteiger partial charge on any atom is -0.257 e. The molecule has 1 aliphatic heterocycles.